The molecule has 2 heterocycles. The van der Waals surface area contributed by atoms with Gasteiger partial charge in [0.25, 0.3) is 0 Å². The number of halogens is 3. The highest BCUT2D eigenvalue weighted by atomic mass is 35.6. The van der Waals surface area contributed by atoms with E-state index >= 15 is 0 Å². The molecule has 196 valence electrons. The van der Waals surface area contributed by atoms with Gasteiger partial charge in [-0.2, -0.15) is 0 Å². The van der Waals surface area contributed by atoms with Gasteiger partial charge in [-0.15, -0.1) is 11.8 Å². The van der Waals surface area contributed by atoms with E-state index < -0.39 is 63.4 Å². The van der Waals surface area contributed by atoms with Crippen LogP contribution in [0.1, 0.15) is 32.4 Å². The van der Waals surface area contributed by atoms with Gasteiger partial charge in [0.2, 0.25) is 15.6 Å². The van der Waals surface area contributed by atoms with E-state index in [1.54, 1.807) is 51.1 Å². The van der Waals surface area contributed by atoms with Crippen LogP contribution in [0.4, 0.5) is 4.79 Å². The summed E-state index contributed by atoms with van der Waals surface area (Å²) in [7, 11) is 0. The number of amides is 3. The van der Waals surface area contributed by atoms with E-state index in [2.05, 4.69) is 17.2 Å². The lowest BCUT2D eigenvalue weighted by molar-refractivity contribution is -0.163. The number of β-lactam (4-membered cyclic amide) rings is 1. The van der Waals surface area contributed by atoms with Crippen LogP contribution in [0.25, 0.3) is 0 Å². The maximum absolute atomic E-state index is 13.2. The predicted molar refractivity (Wildman–Crippen MR) is 138 cm³/mol. The molecule has 0 aromatic heterocycles. The van der Waals surface area contributed by atoms with Crippen LogP contribution in [-0.2, 0) is 23.9 Å². The highest BCUT2D eigenvalue weighted by Gasteiger charge is 2.57. The first-order valence-corrected chi connectivity index (χ1v) is 13.1. The number of hydrogen-bond donors (Lipinski definition) is 2. The number of carbonyl (C=O) groups excluding carboxylic acids is 4. The lowest BCUT2D eigenvalue weighted by atomic mass is 9.97. The Bertz CT molecular complexity index is 1040. The quantitative estimate of drug-likeness (QED) is 0.230. The van der Waals surface area contributed by atoms with Gasteiger partial charge in [-0.05, 0) is 31.9 Å². The minimum absolute atomic E-state index is 0.354. The maximum atomic E-state index is 13.2. The van der Waals surface area contributed by atoms with E-state index in [0.717, 1.165) is 0 Å². The van der Waals surface area contributed by atoms with Crippen LogP contribution >= 0.6 is 46.6 Å². The van der Waals surface area contributed by atoms with Gasteiger partial charge in [0.05, 0.1) is 0 Å². The number of ether oxygens (including phenoxy) is 2. The number of nitrogens with one attached hydrogen (secondary N) is 2. The van der Waals surface area contributed by atoms with E-state index in [1.165, 1.54) is 16.7 Å². The molecule has 0 saturated carbocycles. The number of fused-ring (bicyclic) bond motifs is 1. The highest BCUT2D eigenvalue weighted by molar-refractivity contribution is 8.00. The Kier molecular flexibility index (Phi) is 8.75. The normalized spacial score (nSPS) is 22.6. The molecule has 3 rings (SSSR count). The fraction of sp³-hybridized carbons (Fsp3) is 0.478. The van der Waals surface area contributed by atoms with Crippen LogP contribution in [-0.4, -0.2) is 68.0 Å². The summed E-state index contributed by atoms with van der Waals surface area (Å²) in [6.07, 6.45) is -0.784. The van der Waals surface area contributed by atoms with Crippen molar-refractivity contribution in [2.45, 2.75) is 53.7 Å². The maximum Gasteiger partial charge on any atom is 0.408 e. The molecular formula is C23H26Cl3N3O6S. The molecule has 1 unspecified atom stereocenters. The van der Waals surface area contributed by atoms with Crippen molar-refractivity contribution in [1.82, 2.24) is 15.5 Å². The first kappa shape index (κ1) is 28.4. The number of alkyl carbamates (subject to hydrolysis) is 1. The van der Waals surface area contributed by atoms with Crippen LogP contribution in [0.2, 0.25) is 0 Å². The molecule has 2 aliphatic rings. The average Bonchev–Trinajstić information content (AvgIpc) is 2.78. The lowest BCUT2D eigenvalue weighted by Gasteiger charge is -2.52. The standard InChI is InChI=1S/C23H26Cl3N3O6S/c1-12-10-36-19-15(18(31)29(19)16(12)20(32)34-11-23(24,25)26)27-17(30)14(13-8-6-5-7-9-13)28-21(33)35-22(2,3)4/h5-9,14-16,19H,1,10-11H2,2-4H3,(H,27,30)(H,28,33)/t14?,15-,16-,19+/m1/s1. The Morgan fingerprint density at radius 2 is 1.83 bits per heavy atom. The van der Waals surface area contributed by atoms with Crippen molar-refractivity contribution in [1.29, 1.82) is 0 Å². The van der Waals surface area contributed by atoms with Crippen molar-refractivity contribution in [2.24, 2.45) is 0 Å². The first-order chi connectivity index (χ1) is 16.7. The molecule has 2 saturated heterocycles. The zero-order valence-electron chi connectivity index (χ0n) is 19.8. The number of nitrogens with zero attached hydrogens (tertiary/aromatic N) is 1. The van der Waals surface area contributed by atoms with Gasteiger partial charge in [-0.1, -0.05) is 71.7 Å². The van der Waals surface area contributed by atoms with Crippen molar-refractivity contribution in [3.63, 3.8) is 0 Å². The van der Waals surface area contributed by atoms with E-state index in [0.29, 0.717) is 16.9 Å². The van der Waals surface area contributed by atoms with Crippen LogP contribution in [0, 0.1) is 0 Å². The van der Waals surface area contributed by atoms with Crippen molar-refractivity contribution >= 4 is 70.4 Å². The molecule has 1 aromatic carbocycles. The van der Waals surface area contributed by atoms with Gasteiger partial charge in [-0.3, -0.25) is 9.59 Å². The van der Waals surface area contributed by atoms with Gasteiger partial charge < -0.3 is 25.0 Å². The van der Waals surface area contributed by atoms with Gasteiger partial charge in [-0.25, -0.2) is 9.59 Å². The molecule has 0 radical (unpaired) electrons. The topological polar surface area (TPSA) is 114 Å². The second-order valence-corrected chi connectivity index (χ2v) is 12.8. The molecule has 0 bridgehead atoms. The molecule has 2 fully saturated rings. The third-order valence-corrected chi connectivity index (χ3v) is 6.85. The molecule has 9 nitrogen and oxygen atoms in total. The summed E-state index contributed by atoms with van der Waals surface area (Å²) in [5.74, 6) is -1.53. The SMILES string of the molecule is C=C1CS[C@H]2[C@H](NC(=O)C(NC(=O)OC(C)(C)C)c3ccccc3)C(=O)N2[C@H]1C(=O)OCC(Cl)(Cl)Cl. The summed E-state index contributed by atoms with van der Waals surface area (Å²) in [5, 5.41) is 4.71. The molecule has 13 heteroatoms. The van der Waals surface area contributed by atoms with Crippen LogP contribution in [0.5, 0.6) is 0 Å². The molecule has 1 aromatic rings. The molecule has 3 amide bonds. The number of carbonyl (C=O) groups is 4. The molecule has 0 spiro atoms. The predicted octanol–water partition coefficient (Wildman–Crippen LogP) is 3.49. The number of esters is 1. The zero-order chi connectivity index (χ0) is 26.8. The summed E-state index contributed by atoms with van der Waals surface area (Å²) in [6, 6.07) is 5.46. The van der Waals surface area contributed by atoms with Crippen molar-refractivity contribution in [3.8, 4) is 0 Å². The smallest absolute Gasteiger partial charge is 0.408 e. The Morgan fingerprint density at radius 1 is 1.19 bits per heavy atom. The number of hydrogen-bond acceptors (Lipinski definition) is 7. The monoisotopic (exact) mass is 577 g/mol. The van der Waals surface area contributed by atoms with Crippen molar-refractivity contribution in [3.05, 3.63) is 48.0 Å². The first-order valence-electron chi connectivity index (χ1n) is 10.9. The molecular weight excluding hydrogens is 553 g/mol. The third-order valence-electron chi connectivity index (χ3n) is 5.14. The molecule has 2 aliphatic heterocycles. The minimum Gasteiger partial charge on any atom is -0.459 e. The average molecular weight is 579 g/mol. The van der Waals surface area contributed by atoms with E-state index in [4.69, 9.17) is 44.3 Å². The Labute approximate surface area is 228 Å². The van der Waals surface area contributed by atoms with E-state index in [1.807, 2.05) is 0 Å². The number of alkyl halides is 3. The molecule has 4 atom stereocenters. The fourth-order valence-corrected chi connectivity index (χ4v) is 5.13. The Hall–Kier alpha value is -2.14. The second kappa shape index (κ2) is 11.1. The number of rotatable bonds is 6. The largest absolute Gasteiger partial charge is 0.459 e. The second-order valence-electron chi connectivity index (χ2n) is 9.21. The Morgan fingerprint density at radius 3 is 2.42 bits per heavy atom. The lowest BCUT2D eigenvalue weighted by Crippen LogP contribution is -2.75. The molecule has 2 N–H and O–H groups in total. The summed E-state index contributed by atoms with van der Waals surface area (Å²) in [4.78, 5) is 52.6. The summed E-state index contributed by atoms with van der Waals surface area (Å²) < 4.78 is 8.56. The van der Waals surface area contributed by atoms with E-state index in [9.17, 15) is 19.2 Å². The zero-order valence-corrected chi connectivity index (χ0v) is 22.8. The minimum atomic E-state index is -1.80. The van der Waals surface area contributed by atoms with Crippen LogP contribution in [0.15, 0.2) is 42.5 Å². The van der Waals surface area contributed by atoms with Crippen molar-refractivity contribution in [2.75, 3.05) is 12.4 Å². The number of benzene rings is 1. The molecule has 0 aliphatic carbocycles. The highest BCUT2D eigenvalue weighted by Crippen LogP contribution is 2.40. The number of thioether (sulfide) groups is 1. The summed E-state index contributed by atoms with van der Waals surface area (Å²) >= 11 is 18.3. The summed E-state index contributed by atoms with van der Waals surface area (Å²) in [5.41, 5.74) is 0.187. The van der Waals surface area contributed by atoms with Gasteiger partial charge in [0.15, 0.2) is 6.04 Å². The Balaban J connectivity index is 1.72. The van der Waals surface area contributed by atoms with Gasteiger partial charge >= 0.3 is 12.1 Å². The van der Waals surface area contributed by atoms with E-state index in [-0.39, 0.29) is 0 Å². The summed E-state index contributed by atoms with van der Waals surface area (Å²) in [6.45, 7) is 8.49. The van der Waals surface area contributed by atoms with Crippen molar-refractivity contribution < 1.29 is 28.7 Å². The fourth-order valence-electron chi connectivity index (χ4n) is 3.66. The molecule has 36 heavy (non-hydrogen) atoms. The van der Waals surface area contributed by atoms with Gasteiger partial charge in [0, 0.05) is 5.75 Å². The van der Waals surface area contributed by atoms with Gasteiger partial charge in [0.1, 0.15) is 29.7 Å². The van der Waals surface area contributed by atoms with Crippen LogP contribution < -0.4 is 10.6 Å². The van der Waals surface area contributed by atoms with Crippen LogP contribution in [0.3, 0.4) is 0 Å². The third kappa shape index (κ3) is 7.00.